The van der Waals surface area contributed by atoms with Gasteiger partial charge in [-0.3, -0.25) is 0 Å². The predicted octanol–water partition coefficient (Wildman–Crippen LogP) is 10.3. The van der Waals surface area contributed by atoms with Crippen molar-refractivity contribution in [3.8, 4) is 11.1 Å². The van der Waals surface area contributed by atoms with Gasteiger partial charge in [0.15, 0.2) is 6.17 Å². The normalized spacial score (nSPS) is 20.4. The summed E-state index contributed by atoms with van der Waals surface area (Å²) >= 11 is 0. The maximum Gasteiger partial charge on any atom is 0.161 e. The summed E-state index contributed by atoms with van der Waals surface area (Å²) in [5.74, 6) is -0.590. The quantitative estimate of drug-likeness (QED) is 0.266. The van der Waals surface area contributed by atoms with Crippen LogP contribution in [-0.2, 0) is 0 Å². The van der Waals surface area contributed by atoms with E-state index in [1.54, 1.807) is 0 Å². The molecule has 0 saturated heterocycles. The fourth-order valence-electron chi connectivity index (χ4n) is 4.99. The maximum atomic E-state index is 15.7. The van der Waals surface area contributed by atoms with Crippen LogP contribution in [0.5, 0.6) is 0 Å². The van der Waals surface area contributed by atoms with Crippen molar-refractivity contribution in [1.29, 1.82) is 0 Å². The number of halogens is 2. The minimum Gasteiger partial charge on any atom is -0.239 e. The van der Waals surface area contributed by atoms with Gasteiger partial charge in [-0.05, 0) is 29.5 Å². The number of unbranched alkanes of at least 4 members (excludes halogenated alkanes) is 7. The molecule has 2 aromatic rings. The first-order valence-corrected chi connectivity index (χ1v) is 13.0. The summed E-state index contributed by atoms with van der Waals surface area (Å²) in [6.07, 6.45) is 13.8. The maximum absolute atomic E-state index is 15.7. The van der Waals surface area contributed by atoms with Gasteiger partial charge in [0.1, 0.15) is 5.83 Å². The molecule has 0 spiro atoms. The third-order valence-corrected chi connectivity index (χ3v) is 7.11. The van der Waals surface area contributed by atoms with Crippen LogP contribution >= 0.6 is 0 Å². The third-order valence-electron chi connectivity index (χ3n) is 7.11. The highest BCUT2D eigenvalue weighted by molar-refractivity contribution is 5.79. The fourth-order valence-corrected chi connectivity index (χ4v) is 4.99. The molecule has 0 heterocycles. The van der Waals surface area contributed by atoms with Gasteiger partial charge in [0.05, 0.1) is 0 Å². The van der Waals surface area contributed by atoms with E-state index in [4.69, 9.17) is 0 Å². The summed E-state index contributed by atoms with van der Waals surface area (Å²) in [7, 11) is 0. The zero-order valence-electron chi connectivity index (χ0n) is 20.5. The number of benzene rings is 2. The zero-order valence-corrected chi connectivity index (χ0v) is 20.5. The summed E-state index contributed by atoms with van der Waals surface area (Å²) in [6, 6.07) is 17.9. The molecule has 0 N–H and O–H groups in total. The number of rotatable bonds is 13. The van der Waals surface area contributed by atoms with Gasteiger partial charge in [-0.2, -0.15) is 0 Å². The SMILES string of the molecule is CCCCCCCCC1(CCCCC)C=CC(c2ccc(-c3ccccc3)cc2)=C(F)C1F. The average Bonchev–Trinajstić information content (AvgIpc) is 2.85. The highest BCUT2D eigenvalue weighted by Crippen LogP contribution is 2.47. The van der Waals surface area contributed by atoms with Crippen LogP contribution in [0.2, 0.25) is 0 Å². The van der Waals surface area contributed by atoms with Crippen LogP contribution in [0, 0.1) is 5.41 Å². The van der Waals surface area contributed by atoms with Crippen LogP contribution in [0.4, 0.5) is 8.78 Å². The van der Waals surface area contributed by atoms with E-state index in [2.05, 4.69) is 26.0 Å². The van der Waals surface area contributed by atoms with Crippen molar-refractivity contribution in [2.45, 2.75) is 90.6 Å². The predicted molar refractivity (Wildman–Crippen MR) is 139 cm³/mol. The fraction of sp³-hybridized carbons (Fsp3) is 0.484. The molecule has 0 aromatic heterocycles. The second-order valence-electron chi connectivity index (χ2n) is 9.61. The average molecular weight is 451 g/mol. The van der Waals surface area contributed by atoms with Crippen molar-refractivity contribution in [2.75, 3.05) is 0 Å². The lowest BCUT2D eigenvalue weighted by Crippen LogP contribution is -2.33. The van der Waals surface area contributed by atoms with Crippen LogP contribution in [0.25, 0.3) is 16.7 Å². The molecular formula is C31H40F2. The summed E-state index contributed by atoms with van der Waals surface area (Å²) in [5, 5.41) is 0. The van der Waals surface area contributed by atoms with E-state index in [0.29, 0.717) is 5.57 Å². The molecule has 2 aromatic carbocycles. The second kappa shape index (κ2) is 12.9. The van der Waals surface area contributed by atoms with Crippen molar-refractivity contribution in [3.05, 3.63) is 78.1 Å². The highest BCUT2D eigenvalue weighted by atomic mass is 19.2. The Morgan fingerprint density at radius 3 is 1.85 bits per heavy atom. The first kappa shape index (κ1) is 25.4. The Hall–Kier alpha value is -2.22. The Labute approximate surface area is 199 Å². The minimum atomic E-state index is -1.56. The molecule has 1 aliphatic carbocycles. The van der Waals surface area contributed by atoms with Crippen molar-refractivity contribution in [1.82, 2.24) is 0 Å². The van der Waals surface area contributed by atoms with E-state index in [-0.39, 0.29) is 0 Å². The summed E-state index contributed by atoms with van der Waals surface area (Å²) < 4.78 is 31.2. The Morgan fingerprint density at radius 2 is 1.18 bits per heavy atom. The lowest BCUT2D eigenvalue weighted by Gasteiger charge is -2.37. The highest BCUT2D eigenvalue weighted by Gasteiger charge is 2.42. The molecule has 0 nitrogen and oxygen atoms in total. The van der Waals surface area contributed by atoms with Crippen LogP contribution < -0.4 is 0 Å². The van der Waals surface area contributed by atoms with E-state index in [1.165, 1.54) is 25.7 Å². The molecule has 0 fully saturated rings. The molecule has 33 heavy (non-hydrogen) atoms. The minimum absolute atomic E-state index is 0.399. The number of allylic oxidation sites excluding steroid dienone is 4. The molecule has 0 aliphatic heterocycles. The lowest BCUT2D eigenvalue weighted by molar-refractivity contribution is 0.131. The topological polar surface area (TPSA) is 0 Å². The van der Waals surface area contributed by atoms with E-state index < -0.39 is 17.4 Å². The smallest absolute Gasteiger partial charge is 0.161 e. The molecule has 1 aliphatic rings. The Morgan fingerprint density at radius 1 is 0.667 bits per heavy atom. The van der Waals surface area contributed by atoms with Gasteiger partial charge in [-0.1, -0.05) is 138 Å². The summed E-state index contributed by atoms with van der Waals surface area (Å²) in [4.78, 5) is 0. The standard InChI is InChI=1S/C31H40F2/c1-3-5-7-8-9-14-23-31(22-13-6-4-2)24-21-28(29(32)30(31)33)27-19-17-26(18-20-27)25-15-11-10-12-16-25/h10-12,15-21,24,30H,3-9,13-14,22-23H2,1-2H3. The molecule has 3 rings (SSSR count). The molecule has 0 saturated carbocycles. The van der Waals surface area contributed by atoms with E-state index in [0.717, 1.165) is 61.6 Å². The van der Waals surface area contributed by atoms with Gasteiger partial charge in [0, 0.05) is 11.0 Å². The molecule has 2 heteroatoms. The molecule has 0 bridgehead atoms. The van der Waals surface area contributed by atoms with Crippen molar-refractivity contribution < 1.29 is 8.78 Å². The van der Waals surface area contributed by atoms with E-state index in [9.17, 15) is 0 Å². The largest absolute Gasteiger partial charge is 0.239 e. The second-order valence-corrected chi connectivity index (χ2v) is 9.61. The zero-order chi connectivity index (χ0) is 23.5. The van der Waals surface area contributed by atoms with Crippen LogP contribution in [0.3, 0.4) is 0 Å². The van der Waals surface area contributed by atoms with Crippen molar-refractivity contribution in [3.63, 3.8) is 0 Å². The number of hydrogen-bond donors (Lipinski definition) is 0. The van der Waals surface area contributed by atoms with E-state index in [1.807, 2.05) is 54.6 Å². The van der Waals surface area contributed by atoms with Gasteiger partial charge >= 0.3 is 0 Å². The van der Waals surface area contributed by atoms with Gasteiger partial charge < -0.3 is 0 Å². The van der Waals surface area contributed by atoms with Crippen LogP contribution in [0.1, 0.15) is 90.0 Å². The van der Waals surface area contributed by atoms with Crippen LogP contribution in [-0.4, -0.2) is 6.17 Å². The number of hydrogen-bond acceptors (Lipinski definition) is 0. The van der Waals surface area contributed by atoms with Gasteiger partial charge in [0.2, 0.25) is 0 Å². The number of alkyl halides is 1. The molecule has 0 radical (unpaired) electrons. The van der Waals surface area contributed by atoms with Gasteiger partial charge in [-0.15, -0.1) is 0 Å². The molecule has 2 atom stereocenters. The van der Waals surface area contributed by atoms with Gasteiger partial charge in [-0.25, -0.2) is 8.78 Å². The lowest BCUT2D eigenvalue weighted by atomic mass is 9.70. The monoisotopic (exact) mass is 450 g/mol. The Kier molecular flexibility index (Phi) is 9.91. The molecule has 2 unspecified atom stereocenters. The van der Waals surface area contributed by atoms with E-state index >= 15 is 8.78 Å². The molecule has 0 amide bonds. The first-order valence-electron chi connectivity index (χ1n) is 13.0. The summed E-state index contributed by atoms with van der Waals surface area (Å²) in [6.45, 7) is 4.37. The molecular weight excluding hydrogens is 410 g/mol. The Bertz CT molecular complexity index is 894. The molecule has 178 valence electrons. The third kappa shape index (κ3) is 6.65. The summed E-state index contributed by atoms with van der Waals surface area (Å²) in [5.41, 5.74) is 2.64. The van der Waals surface area contributed by atoms with Crippen molar-refractivity contribution in [2.24, 2.45) is 5.41 Å². The van der Waals surface area contributed by atoms with Gasteiger partial charge in [0.25, 0.3) is 0 Å². The van der Waals surface area contributed by atoms with Crippen LogP contribution in [0.15, 0.2) is 72.6 Å². The van der Waals surface area contributed by atoms with Crippen molar-refractivity contribution >= 4 is 5.57 Å². The first-order chi connectivity index (χ1) is 16.1. The Balaban J connectivity index is 1.74.